The van der Waals surface area contributed by atoms with E-state index in [-0.39, 0.29) is 30.9 Å². The molecule has 1 saturated heterocycles. The van der Waals surface area contributed by atoms with Crippen LogP contribution < -0.4 is 14.2 Å². The van der Waals surface area contributed by atoms with Gasteiger partial charge in [-0.15, -0.1) is 0 Å². The molecular formula is C28H25Cl2NO5S. The first kappa shape index (κ1) is 26.9. The number of nitrogens with zero attached hydrogens (tertiary/aromatic N) is 1. The maximum Gasteiger partial charge on any atom is 0.293 e. The summed E-state index contributed by atoms with van der Waals surface area (Å²) >= 11 is 13.2. The number of ether oxygens (including phenoxy) is 3. The molecule has 1 heterocycles. The monoisotopic (exact) mass is 557 g/mol. The van der Waals surface area contributed by atoms with Crippen molar-refractivity contribution in [2.75, 3.05) is 20.3 Å². The van der Waals surface area contributed by atoms with Gasteiger partial charge in [0.15, 0.2) is 11.5 Å². The van der Waals surface area contributed by atoms with Gasteiger partial charge in [-0.3, -0.25) is 14.5 Å². The number of amides is 2. The molecule has 192 valence electrons. The predicted octanol–water partition coefficient (Wildman–Crippen LogP) is 7.31. The molecule has 0 aromatic heterocycles. The molecule has 1 aliphatic rings. The third kappa shape index (κ3) is 6.42. The average Bonchev–Trinajstić information content (AvgIpc) is 3.13. The van der Waals surface area contributed by atoms with E-state index in [1.807, 2.05) is 32.0 Å². The highest BCUT2D eigenvalue weighted by atomic mass is 35.5. The van der Waals surface area contributed by atoms with Gasteiger partial charge in [-0.25, -0.2) is 0 Å². The molecule has 3 aromatic carbocycles. The highest BCUT2D eigenvalue weighted by molar-refractivity contribution is 8.18. The summed E-state index contributed by atoms with van der Waals surface area (Å²) in [6.07, 6.45) is 1.64. The van der Waals surface area contributed by atoms with Crippen molar-refractivity contribution in [2.45, 2.75) is 20.5 Å². The third-order valence-electron chi connectivity index (χ3n) is 5.69. The van der Waals surface area contributed by atoms with Crippen LogP contribution in [0.3, 0.4) is 0 Å². The fourth-order valence-corrected chi connectivity index (χ4v) is 5.01. The fourth-order valence-electron chi connectivity index (χ4n) is 3.69. The van der Waals surface area contributed by atoms with Crippen molar-refractivity contribution in [3.63, 3.8) is 0 Å². The van der Waals surface area contributed by atoms with Crippen molar-refractivity contribution >= 4 is 52.2 Å². The summed E-state index contributed by atoms with van der Waals surface area (Å²) in [7, 11) is 1.53. The lowest BCUT2D eigenvalue weighted by Crippen LogP contribution is -2.32. The smallest absolute Gasteiger partial charge is 0.293 e. The van der Waals surface area contributed by atoms with E-state index in [1.54, 1.807) is 42.5 Å². The van der Waals surface area contributed by atoms with E-state index in [9.17, 15) is 9.59 Å². The van der Waals surface area contributed by atoms with Gasteiger partial charge in [0.05, 0.1) is 18.6 Å². The van der Waals surface area contributed by atoms with E-state index < -0.39 is 0 Å². The van der Waals surface area contributed by atoms with Crippen molar-refractivity contribution in [3.05, 3.63) is 91.8 Å². The molecule has 0 spiro atoms. The molecule has 4 rings (SSSR count). The first-order valence-corrected chi connectivity index (χ1v) is 13.0. The first-order chi connectivity index (χ1) is 17.8. The van der Waals surface area contributed by atoms with Gasteiger partial charge >= 0.3 is 0 Å². The summed E-state index contributed by atoms with van der Waals surface area (Å²) in [6, 6.07) is 16.4. The van der Waals surface area contributed by atoms with Crippen LogP contribution in [0.25, 0.3) is 6.08 Å². The van der Waals surface area contributed by atoms with Crippen LogP contribution in [0, 0.1) is 13.8 Å². The van der Waals surface area contributed by atoms with Gasteiger partial charge in [0.25, 0.3) is 11.1 Å². The van der Waals surface area contributed by atoms with Crippen molar-refractivity contribution in [1.82, 2.24) is 4.90 Å². The molecule has 0 aliphatic carbocycles. The molecule has 0 unspecified atom stereocenters. The van der Waals surface area contributed by atoms with Gasteiger partial charge < -0.3 is 14.2 Å². The number of methoxy groups -OCH3 is 1. The van der Waals surface area contributed by atoms with Gasteiger partial charge in [-0.2, -0.15) is 0 Å². The molecule has 0 atom stereocenters. The number of hydrogen-bond acceptors (Lipinski definition) is 6. The maximum absolute atomic E-state index is 13.1. The summed E-state index contributed by atoms with van der Waals surface area (Å²) in [5.74, 6) is 1.27. The zero-order valence-corrected chi connectivity index (χ0v) is 22.9. The highest BCUT2D eigenvalue weighted by Crippen LogP contribution is 2.38. The lowest BCUT2D eigenvalue weighted by atomic mass is 10.1. The Bertz CT molecular complexity index is 1370. The van der Waals surface area contributed by atoms with E-state index in [0.29, 0.717) is 32.0 Å². The first-order valence-electron chi connectivity index (χ1n) is 11.5. The maximum atomic E-state index is 13.1. The number of aryl methyl sites for hydroxylation is 2. The van der Waals surface area contributed by atoms with E-state index in [0.717, 1.165) is 34.2 Å². The molecule has 1 fully saturated rings. The molecule has 3 aromatic rings. The average molecular weight is 558 g/mol. The second kappa shape index (κ2) is 11.9. The number of imide groups is 1. The van der Waals surface area contributed by atoms with Crippen molar-refractivity contribution < 1.29 is 23.8 Å². The molecule has 0 radical (unpaired) electrons. The number of rotatable bonds is 9. The Balaban J connectivity index is 1.49. The van der Waals surface area contributed by atoms with E-state index in [1.165, 1.54) is 12.0 Å². The van der Waals surface area contributed by atoms with Gasteiger partial charge in [0.1, 0.15) is 19.0 Å². The van der Waals surface area contributed by atoms with Crippen LogP contribution in [0.1, 0.15) is 22.3 Å². The summed E-state index contributed by atoms with van der Waals surface area (Å²) in [4.78, 5) is 27.2. The van der Waals surface area contributed by atoms with Crippen molar-refractivity contribution in [2.24, 2.45) is 0 Å². The second-order valence-electron chi connectivity index (χ2n) is 8.35. The lowest BCUT2D eigenvalue weighted by Gasteiger charge is -2.15. The molecule has 1 aliphatic heterocycles. The summed E-state index contributed by atoms with van der Waals surface area (Å²) in [5, 5.41) is 0.661. The quantitative estimate of drug-likeness (QED) is 0.257. The van der Waals surface area contributed by atoms with E-state index in [4.69, 9.17) is 37.4 Å². The summed E-state index contributed by atoms with van der Waals surface area (Å²) in [5.41, 5.74) is 3.41. The second-order valence-corrected chi connectivity index (χ2v) is 10.2. The Kier molecular flexibility index (Phi) is 8.69. The number of hydrogen-bond donors (Lipinski definition) is 0. The van der Waals surface area contributed by atoms with E-state index >= 15 is 0 Å². The number of thioether (sulfide) groups is 1. The van der Waals surface area contributed by atoms with Crippen LogP contribution in [-0.4, -0.2) is 36.3 Å². The molecule has 9 heteroatoms. The Morgan fingerprint density at radius 3 is 2.54 bits per heavy atom. The zero-order valence-electron chi connectivity index (χ0n) is 20.5. The van der Waals surface area contributed by atoms with Crippen LogP contribution >= 0.6 is 35.0 Å². The Morgan fingerprint density at radius 1 is 0.973 bits per heavy atom. The number of carbonyl (C=O) groups excluding carboxylic acids is 2. The molecule has 37 heavy (non-hydrogen) atoms. The van der Waals surface area contributed by atoms with Gasteiger partial charge in [0, 0.05) is 21.2 Å². The molecule has 6 nitrogen and oxygen atoms in total. The predicted molar refractivity (Wildman–Crippen MR) is 148 cm³/mol. The van der Waals surface area contributed by atoms with Crippen LogP contribution in [0.4, 0.5) is 4.79 Å². The van der Waals surface area contributed by atoms with Crippen molar-refractivity contribution in [1.29, 1.82) is 0 Å². The lowest BCUT2D eigenvalue weighted by molar-refractivity contribution is -0.123. The normalized spacial score (nSPS) is 14.4. The molecule has 2 amide bonds. The van der Waals surface area contributed by atoms with E-state index in [2.05, 4.69) is 0 Å². The van der Waals surface area contributed by atoms with Gasteiger partial charge in [-0.05, 0) is 67.1 Å². The topological polar surface area (TPSA) is 65.1 Å². The minimum absolute atomic E-state index is 0.145. The minimum Gasteiger partial charge on any atom is -0.493 e. The number of para-hydroxylation sites is 1. The van der Waals surface area contributed by atoms with Crippen molar-refractivity contribution in [3.8, 4) is 17.2 Å². The molecule has 0 bridgehead atoms. The summed E-state index contributed by atoms with van der Waals surface area (Å²) in [6.45, 7) is 4.44. The standard InChI is InChI=1S/C28H25Cl2NO5S/c1-17-7-8-18(2)24(13-17)35-12-11-31-27(32)25(37-28(31)33)14-19-5-4-6-23(34-3)26(19)36-16-20-9-10-21(29)15-22(20)30/h4-10,13-15H,11-12,16H2,1-3H3/b25-14-. The SMILES string of the molecule is COc1cccc(/C=C2\SC(=O)N(CCOc3cc(C)ccc3C)C2=O)c1OCc1ccc(Cl)cc1Cl. The summed E-state index contributed by atoms with van der Waals surface area (Å²) < 4.78 is 17.4. The fraction of sp³-hybridized carbons (Fsp3) is 0.214. The largest absolute Gasteiger partial charge is 0.493 e. The van der Waals surface area contributed by atoms with Crippen LogP contribution in [-0.2, 0) is 11.4 Å². The third-order valence-corrected chi connectivity index (χ3v) is 7.19. The van der Waals surface area contributed by atoms with Gasteiger partial charge in [-0.1, -0.05) is 53.5 Å². The number of carbonyl (C=O) groups is 2. The molecule has 0 N–H and O–H groups in total. The number of benzene rings is 3. The van der Waals surface area contributed by atoms with Crippen LogP contribution in [0.15, 0.2) is 59.5 Å². The van der Waals surface area contributed by atoms with Crippen LogP contribution in [0.5, 0.6) is 17.2 Å². The Morgan fingerprint density at radius 2 is 1.78 bits per heavy atom. The minimum atomic E-state index is -0.380. The molecule has 0 saturated carbocycles. The van der Waals surface area contributed by atoms with Crippen LogP contribution in [0.2, 0.25) is 10.0 Å². The highest BCUT2D eigenvalue weighted by Gasteiger charge is 2.35. The Labute approximate surface area is 230 Å². The number of halogens is 2. The zero-order chi connectivity index (χ0) is 26.5. The van der Waals surface area contributed by atoms with Gasteiger partial charge in [0.2, 0.25) is 0 Å². The Hall–Kier alpha value is -3.13. The molecular weight excluding hydrogens is 533 g/mol.